The fourth-order valence-electron chi connectivity index (χ4n) is 3.98. The minimum absolute atomic E-state index is 0.0150. The largest absolute Gasteiger partial charge is 0.481 e. The van der Waals surface area contributed by atoms with Crippen LogP contribution in [0.15, 0.2) is 30.3 Å². The number of carbonyl (C=O) groups excluding carboxylic acids is 4. The van der Waals surface area contributed by atoms with Crippen LogP contribution in [0.1, 0.15) is 25.3 Å². The van der Waals surface area contributed by atoms with Crippen molar-refractivity contribution in [3.63, 3.8) is 0 Å². The van der Waals surface area contributed by atoms with Gasteiger partial charge in [-0.15, -0.1) is 0 Å². The molecule has 2 rings (SSSR count). The van der Waals surface area contributed by atoms with Gasteiger partial charge in [0.05, 0.1) is 24.2 Å². The maximum Gasteiger partial charge on any atom is 0.303 e. The molecule has 38 heavy (non-hydrogen) atoms. The highest BCUT2D eigenvalue weighted by Gasteiger charge is 2.40. The second kappa shape index (κ2) is 15.1. The lowest BCUT2D eigenvalue weighted by molar-refractivity contribution is -0.138. The number of benzene rings is 1. The lowest BCUT2D eigenvalue weighted by Gasteiger charge is -2.45. The van der Waals surface area contributed by atoms with Gasteiger partial charge in [-0.2, -0.15) is 0 Å². The standard InChI is InChI=1S/C25H38N6O7/c1-16(33)20(12-32)31-25(13-27-14-25)15-28-23(37)18(8-9-22(35)36)30-24(38)19(29-21(34)11-26-2)10-17-6-4-3-5-7-17/h3-7,12,16,18-20,26-27,31,33H,8-11,13-15H2,1-2H3,(H,28,37)(H,29,34)(H,30,38)(H,35,36). The number of likely N-dealkylation sites (N-methyl/N-ethyl adjacent to an activating group) is 1. The van der Waals surface area contributed by atoms with E-state index in [4.69, 9.17) is 5.11 Å². The number of nitrogens with one attached hydrogen (secondary N) is 6. The van der Waals surface area contributed by atoms with Gasteiger partial charge in [-0.1, -0.05) is 30.3 Å². The number of carboxylic acid groups (broad SMARTS) is 1. The number of carboxylic acids is 1. The van der Waals surface area contributed by atoms with Crippen molar-refractivity contribution in [1.82, 2.24) is 31.9 Å². The van der Waals surface area contributed by atoms with Crippen LogP contribution in [0.3, 0.4) is 0 Å². The number of aliphatic hydroxyl groups is 1. The summed E-state index contributed by atoms with van der Waals surface area (Å²) in [5, 5.41) is 35.8. The Hall–Kier alpha value is -3.39. The Morgan fingerprint density at radius 3 is 2.29 bits per heavy atom. The third kappa shape index (κ3) is 9.82. The van der Waals surface area contributed by atoms with Crippen molar-refractivity contribution in [2.45, 2.75) is 56.0 Å². The molecule has 4 atom stereocenters. The summed E-state index contributed by atoms with van der Waals surface area (Å²) in [5.74, 6) is -2.78. The van der Waals surface area contributed by atoms with Crippen LogP contribution in [0.25, 0.3) is 0 Å². The fraction of sp³-hybridized carbons (Fsp3) is 0.560. The number of amides is 3. The zero-order valence-electron chi connectivity index (χ0n) is 21.7. The van der Waals surface area contributed by atoms with Gasteiger partial charge in [0.2, 0.25) is 17.7 Å². The zero-order chi connectivity index (χ0) is 28.1. The van der Waals surface area contributed by atoms with Crippen molar-refractivity contribution in [3.05, 3.63) is 35.9 Å². The van der Waals surface area contributed by atoms with Gasteiger partial charge < -0.3 is 41.6 Å². The summed E-state index contributed by atoms with van der Waals surface area (Å²) in [6, 6.07) is 6.02. The fourth-order valence-corrected chi connectivity index (χ4v) is 3.98. The predicted octanol–water partition coefficient (Wildman–Crippen LogP) is -2.72. The molecular formula is C25H38N6O7. The molecule has 0 bridgehead atoms. The Morgan fingerprint density at radius 2 is 1.76 bits per heavy atom. The van der Waals surface area contributed by atoms with Gasteiger partial charge in [0.1, 0.15) is 18.4 Å². The van der Waals surface area contributed by atoms with E-state index in [0.29, 0.717) is 19.4 Å². The normalized spacial score (nSPS) is 17.1. The number of rotatable bonds is 17. The molecule has 3 amide bonds. The summed E-state index contributed by atoms with van der Waals surface area (Å²) in [7, 11) is 1.59. The number of carbonyl (C=O) groups is 5. The molecule has 1 aliphatic rings. The van der Waals surface area contributed by atoms with Gasteiger partial charge in [0.15, 0.2) is 0 Å². The maximum absolute atomic E-state index is 13.2. The van der Waals surface area contributed by atoms with E-state index in [1.165, 1.54) is 6.92 Å². The lowest BCUT2D eigenvalue weighted by atomic mass is 9.90. The summed E-state index contributed by atoms with van der Waals surface area (Å²) >= 11 is 0. The van der Waals surface area contributed by atoms with Crippen LogP contribution in [-0.4, -0.2) is 103 Å². The molecule has 1 aromatic rings. The van der Waals surface area contributed by atoms with E-state index < -0.39 is 53.5 Å². The van der Waals surface area contributed by atoms with Crippen molar-refractivity contribution >= 4 is 30.0 Å². The van der Waals surface area contributed by atoms with Crippen molar-refractivity contribution in [3.8, 4) is 0 Å². The quantitative estimate of drug-likeness (QED) is 0.0972. The third-order valence-electron chi connectivity index (χ3n) is 6.22. The molecule has 0 spiro atoms. The molecule has 13 nitrogen and oxygen atoms in total. The third-order valence-corrected chi connectivity index (χ3v) is 6.22. The molecule has 13 heteroatoms. The Balaban J connectivity index is 2.12. The van der Waals surface area contributed by atoms with Gasteiger partial charge >= 0.3 is 5.97 Å². The lowest BCUT2D eigenvalue weighted by Crippen LogP contribution is -2.75. The summed E-state index contributed by atoms with van der Waals surface area (Å²) in [5.41, 5.74) is 0.0913. The number of hydrogen-bond donors (Lipinski definition) is 8. The van der Waals surface area contributed by atoms with Gasteiger partial charge in [-0.25, -0.2) is 0 Å². The molecule has 8 N–H and O–H groups in total. The van der Waals surface area contributed by atoms with E-state index in [1.807, 2.05) is 6.07 Å². The van der Waals surface area contributed by atoms with Crippen LogP contribution < -0.4 is 31.9 Å². The number of aldehydes is 1. The smallest absolute Gasteiger partial charge is 0.303 e. The Morgan fingerprint density at radius 1 is 1.08 bits per heavy atom. The maximum atomic E-state index is 13.2. The van der Waals surface area contributed by atoms with E-state index >= 15 is 0 Å². The highest BCUT2D eigenvalue weighted by molar-refractivity contribution is 5.92. The van der Waals surface area contributed by atoms with Crippen LogP contribution in [0.4, 0.5) is 0 Å². The SMILES string of the molecule is CNCC(=O)NC(Cc1ccccc1)C(=O)NC(CCC(=O)O)C(=O)NCC1(NC(C=O)C(C)O)CNC1. The van der Waals surface area contributed by atoms with E-state index in [9.17, 15) is 29.1 Å². The summed E-state index contributed by atoms with van der Waals surface area (Å²) in [6.45, 7) is 2.38. The molecule has 1 aromatic carbocycles. The topological polar surface area (TPSA) is 198 Å². The van der Waals surface area contributed by atoms with Gasteiger partial charge in [0, 0.05) is 32.5 Å². The van der Waals surface area contributed by atoms with E-state index in [-0.39, 0.29) is 32.4 Å². The number of aliphatic carboxylic acids is 1. The van der Waals surface area contributed by atoms with E-state index in [2.05, 4.69) is 31.9 Å². The summed E-state index contributed by atoms with van der Waals surface area (Å²) in [4.78, 5) is 61.1. The van der Waals surface area contributed by atoms with Crippen molar-refractivity contribution in [2.24, 2.45) is 0 Å². The van der Waals surface area contributed by atoms with Crippen molar-refractivity contribution in [2.75, 3.05) is 33.2 Å². The molecule has 0 aliphatic carbocycles. The first kappa shape index (κ1) is 30.8. The first-order valence-electron chi connectivity index (χ1n) is 12.5. The summed E-state index contributed by atoms with van der Waals surface area (Å²) in [6.07, 6.45) is -0.715. The van der Waals surface area contributed by atoms with E-state index in [1.54, 1.807) is 31.3 Å². The first-order valence-corrected chi connectivity index (χ1v) is 12.5. The van der Waals surface area contributed by atoms with Crippen LogP contribution >= 0.6 is 0 Å². The van der Waals surface area contributed by atoms with E-state index in [0.717, 1.165) is 5.56 Å². The molecule has 1 fully saturated rings. The molecular weight excluding hydrogens is 496 g/mol. The molecule has 1 saturated heterocycles. The van der Waals surface area contributed by atoms with Crippen molar-refractivity contribution < 1.29 is 34.2 Å². The average Bonchev–Trinajstić information content (AvgIpc) is 2.85. The summed E-state index contributed by atoms with van der Waals surface area (Å²) < 4.78 is 0. The molecule has 1 heterocycles. The highest BCUT2D eigenvalue weighted by Crippen LogP contribution is 2.13. The second-order valence-corrected chi connectivity index (χ2v) is 9.48. The van der Waals surface area contributed by atoms with Gasteiger partial charge in [0.25, 0.3) is 0 Å². The minimum atomic E-state index is -1.18. The molecule has 1 aliphatic heterocycles. The Kier molecular flexibility index (Phi) is 12.3. The second-order valence-electron chi connectivity index (χ2n) is 9.48. The predicted molar refractivity (Wildman–Crippen MR) is 138 cm³/mol. The van der Waals surface area contributed by atoms with Crippen LogP contribution in [-0.2, 0) is 30.4 Å². The van der Waals surface area contributed by atoms with Crippen LogP contribution in [0.5, 0.6) is 0 Å². The van der Waals surface area contributed by atoms with Gasteiger partial charge in [-0.3, -0.25) is 24.5 Å². The monoisotopic (exact) mass is 534 g/mol. The zero-order valence-corrected chi connectivity index (χ0v) is 21.7. The average molecular weight is 535 g/mol. The molecule has 4 unspecified atom stereocenters. The Bertz CT molecular complexity index is 955. The number of aliphatic hydroxyl groups excluding tert-OH is 1. The van der Waals surface area contributed by atoms with Crippen molar-refractivity contribution in [1.29, 1.82) is 0 Å². The first-order chi connectivity index (χ1) is 18.1. The van der Waals surface area contributed by atoms with Gasteiger partial charge in [-0.05, 0) is 26.0 Å². The van der Waals surface area contributed by atoms with Crippen LogP contribution in [0, 0.1) is 0 Å². The minimum Gasteiger partial charge on any atom is -0.481 e. The molecule has 0 radical (unpaired) electrons. The molecule has 0 aromatic heterocycles. The highest BCUT2D eigenvalue weighted by atomic mass is 16.4. The Labute approximate surface area is 221 Å². The molecule has 210 valence electrons. The van der Waals surface area contributed by atoms with Crippen LogP contribution in [0.2, 0.25) is 0 Å². The number of hydrogen-bond acceptors (Lipinski definition) is 9. The molecule has 0 saturated carbocycles.